The molecule has 5 N–H and O–H groups in total. The van der Waals surface area contributed by atoms with Gasteiger partial charge in [0.2, 0.25) is 12.4 Å². The Balaban J connectivity index is 1.67. The number of amides is 2. The van der Waals surface area contributed by atoms with Crippen molar-refractivity contribution in [3.63, 3.8) is 0 Å². The van der Waals surface area contributed by atoms with Crippen LogP contribution >= 0.6 is 0 Å². The van der Waals surface area contributed by atoms with Crippen LogP contribution in [0.5, 0.6) is 0 Å². The van der Waals surface area contributed by atoms with Crippen LogP contribution in [0.15, 0.2) is 60.8 Å². The zero-order chi connectivity index (χ0) is 25.9. The van der Waals surface area contributed by atoms with Crippen LogP contribution < -0.4 is 21.7 Å². The van der Waals surface area contributed by atoms with Gasteiger partial charge in [-0.3, -0.25) is 4.79 Å². The van der Waals surface area contributed by atoms with E-state index < -0.39 is 30.9 Å². The summed E-state index contributed by atoms with van der Waals surface area (Å²) in [5.74, 6) is -0.728. The lowest BCUT2D eigenvalue weighted by molar-refractivity contribution is 0.0999. The Kier molecular flexibility index (Phi) is 9.05. The standard InChI is InChI=1S/C24H23F2N7O3/c1-28-16-8-5-9-17(10-16)31-22-19(21(27)34)13-30-23(33-22)29-12-18(11-20(25)26)32-24(35)36-14-15-6-3-2-4-7-15/h2-10,13,18,20H,11-12,14H2,(H2,27,34)(H,32,35)(H2,29,30,31,33)/t18-/m0/s1. The molecule has 186 valence electrons. The molecule has 1 aromatic heterocycles. The Morgan fingerprint density at radius 1 is 1.14 bits per heavy atom. The first-order valence-electron chi connectivity index (χ1n) is 10.7. The van der Waals surface area contributed by atoms with E-state index in [9.17, 15) is 18.4 Å². The number of primary amides is 1. The number of benzene rings is 2. The average molecular weight is 495 g/mol. The summed E-state index contributed by atoms with van der Waals surface area (Å²) in [5, 5.41) is 8.09. The highest BCUT2D eigenvalue weighted by Gasteiger charge is 2.20. The molecule has 0 saturated carbocycles. The normalized spacial score (nSPS) is 11.3. The maximum absolute atomic E-state index is 13.1. The lowest BCUT2D eigenvalue weighted by Gasteiger charge is -2.19. The summed E-state index contributed by atoms with van der Waals surface area (Å²) in [5.41, 5.74) is 6.99. The molecule has 3 rings (SSSR count). The molecule has 1 heterocycles. The highest BCUT2D eigenvalue weighted by molar-refractivity contribution is 5.98. The van der Waals surface area contributed by atoms with Gasteiger partial charge in [-0.1, -0.05) is 42.5 Å². The fourth-order valence-electron chi connectivity index (χ4n) is 3.09. The monoisotopic (exact) mass is 495 g/mol. The van der Waals surface area contributed by atoms with Gasteiger partial charge in [0.1, 0.15) is 18.0 Å². The van der Waals surface area contributed by atoms with E-state index in [4.69, 9.17) is 17.0 Å². The number of carbonyl (C=O) groups is 2. The molecule has 0 saturated heterocycles. The third-order valence-corrected chi connectivity index (χ3v) is 4.80. The predicted octanol–water partition coefficient (Wildman–Crippen LogP) is 4.23. The Hall–Kier alpha value is -4.79. The summed E-state index contributed by atoms with van der Waals surface area (Å²) < 4.78 is 31.3. The SMILES string of the molecule is [C-]#[N+]c1cccc(Nc2nc(NC[C@H](CC(F)F)NC(=O)OCc3ccccc3)ncc2C(N)=O)c1. The van der Waals surface area contributed by atoms with Crippen LogP contribution in [0.1, 0.15) is 22.3 Å². The first-order valence-corrected chi connectivity index (χ1v) is 10.7. The number of anilines is 3. The summed E-state index contributed by atoms with van der Waals surface area (Å²) in [6.07, 6.45) is -2.99. The van der Waals surface area contributed by atoms with Gasteiger partial charge in [0.05, 0.1) is 12.6 Å². The van der Waals surface area contributed by atoms with Gasteiger partial charge in [-0.05, 0) is 17.7 Å². The maximum atomic E-state index is 13.1. The fraction of sp³-hybridized carbons (Fsp3) is 0.208. The molecule has 0 aliphatic carbocycles. The third kappa shape index (κ3) is 7.91. The topological polar surface area (TPSA) is 136 Å². The van der Waals surface area contributed by atoms with Gasteiger partial charge in [-0.2, -0.15) is 4.98 Å². The van der Waals surface area contributed by atoms with E-state index in [2.05, 4.69) is 30.8 Å². The van der Waals surface area contributed by atoms with Crippen LogP contribution in [0.25, 0.3) is 4.85 Å². The minimum atomic E-state index is -2.68. The lowest BCUT2D eigenvalue weighted by atomic mass is 10.2. The zero-order valence-electron chi connectivity index (χ0n) is 18.9. The number of aromatic nitrogens is 2. The van der Waals surface area contributed by atoms with Gasteiger partial charge in [-0.15, -0.1) is 0 Å². The van der Waals surface area contributed by atoms with Gasteiger partial charge in [0.15, 0.2) is 5.69 Å². The van der Waals surface area contributed by atoms with Crippen LogP contribution in [0, 0.1) is 6.57 Å². The quantitative estimate of drug-likeness (QED) is 0.292. The van der Waals surface area contributed by atoms with E-state index in [1.807, 2.05) is 6.07 Å². The summed E-state index contributed by atoms with van der Waals surface area (Å²) >= 11 is 0. The second-order valence-corrected chi connectivity index (χ2v) is 7.52. The van der Waals surface area contributed by atoms with Crippen LogP contribution in [0.4, 0.5) is 36.7 Å². The fourth-order valence-corrected chi connectivity index (χ4v) is 3.09. The van der Waals surface area contributed by atoms with E-state index in [0.717, 1.165) is 5.56 Å². The molecule has 0 aliphatic rings. The van der Waals surface area contributed by atoms with Gasteiger partial charge in [-0.25, -0.2) is 23.4 Å². The van der Waals surface area contributed by atoms with Crippen LogP contribution in [0.3, 0.4) is 0 Å². The summed E-state index contributed by atoms with van der Waals surface area (Å²) in [7, 11) is 0. The van der Waals surface area contributed by atoms with E-state index in [1.54, 1.807) is 48.5 Å². The van der Waals surface area contributed by atoms with E-state index in [1.165, 1.54) is 6.20 Å². The van der Waals surface area contributed by atoms with Crippen molar-refractivity contribution in [1.82, 2.24) is 15.3 Å². The second-order valence-electron chi connectivity index (χ2n) is 7.52. The van der Waals surface area contributed by atoms with Crippen molar-refractivity contribution in [3.05, 3.63) is 83.3 Å². The molecule has 10 nitrogen and oxygen atoms in total. The molecule has 1 atom stereocenters. The van der Waals surface area contributed by atoms with Gasteiger partial charge >= 0.3 is 6.09 Å². The number of nitrogens with one attached hydrogen (secondary N) is 3. The molecule has 0 unspecified atom stereocenters. The van der Waals surface area contributed by atoms with E-state index in [0.29, 0.717) is 11.4 Å². The number of hydrogen-bond acceptors (Lipinski definition) is 7. The number of nitrogens with zero attached hydrogens (tertiary/aromatic N) is 3. The average Bonchev–Trinajstić information content (AvgIpc) is 2.86. The zero-order valence-corrected chi connectivity index (χ0v) is 18.9. The molecule has 12 heteroatoms. The van der Waals surface area contributed by atoms with Crippen molar-refractivity contribution < 1.29 is 23.1 Å². The second kappa shape index (κ2) is 12.6. The number of hydrogen-bond donors (Lipinski definition) is 4. The Morgan fingerprint density at radius 3 is 2.61 bits per heavy atom. The minimum Gasteiger partial charge on any atom is -0.445 e. The summed E-state index contributed by atoms with van der Waals surface area (Å²) in [4.78, 5) is 35.5. The molecular weight excluding hydrogens is 472 g/mol. The minimum absolute atomic E-state index is 0.00236. The van der Waals surface area contributed by atoms with Crippen molar-refractivity contribution in [2.75, 3.05) is 17.2 Å². The molecule has 0 radical (unpaired) electrons. The molecule has 3 aromatic rings. The van der Waals surface area contributed by atoms with Gasteiger partial charge in [0, 0.05) is 24.8 Å². The van der Waals surface area contributed by atoms with Crippen LogP contribution in [-0.4, -0.2) is 41.0 Å². The molecule has 0 spiro atoms. The third-order valence-electron chi connectivity index (χ3n) is 4.80. The molecular formula is C24H23F2N7O3. The molecule has 0 aliphatic heterocycles. The first-order chi connectivity index (χ1) is 17.3. The van der Waals surface area contributed by atoms with Crippen molar-refractivity contribution >= 4 is 35.1 Å². The highest BCUT2D eigenvalue weighted by atomic mass is 19.3. The summed E-state index contributed by atoms with van der Waals surface area (Å²) in [6, 6.07) is 14.4. The molecule has 0 bridgehead atoms. The van der Waals surface area contributed by atoms with Crippen LogP contribution in [-0.2, 0) is 11.3 Å². The smallest absolute Gasteiger partial charge is 0.407 e. The number of nitrogens with two attached hydrogens (primary N) is 1. The molecule has 0 fully saturated rings. The predicted molar refractivity (Wildman–Crippen MR) is 129 cm³/mol. The highest BCUT2D eigenvalue weighted by Crippen LogP contribution is 2.23. The Labute approximate surface area is 205 Å². The first kappa shape index (κ1) is 25.8. The largest absolute Gasteiger partial charge is 0.445 e. The van der Waals surface area contributed by atoms with Crippen molar-refractivity contribution in [2.45, 2.75) is 25.5 Å². The number of alkyl carbamates (subject to hydrolysis) is 1. The number of ether oxygens (including phenoxy) is 1. The number of alkyl halides is 2. The van der Waals surface area contributed by atoms with Crippen LogP contribution in [0.2, 0.25) is 0 Å². The number of rotatable bonds is 11. The summed E-state index contributed by atoms with van der Waals surface area (Å²) in [6.45, 7) is 6.97. The molecule has 36 heavy (non-hydrogen) atoms. The molecule has 2 aromatic carbocycles. The lowest BCUT2D eigenvalue weighted by Crippen LogP contribution is -2.41. The number of carbonyl (C=O) groups excluding carboxylic acids is 2. The van der Waals surface area contributed by atoms with Gasteiger partial charge in [0.25, 0.3) is 5.91 Å². The number of halogens is 2. The van der Waals surface area contributed by atoms with Crippen molar-refractivity contribution in [2.24, 2.45) is 5.73 Å². The van der Waals surface area contributed by atoms with Gasteiger partial charge < -0.3 is 26.4 Å². The molecule has 2 amide bonds. The van der Waals surface area contributed by atoms with E-state index in [-0.39, 0.29) is 30.5 Å². The maximum Gasteiger partial charge on any atom is 0.407 e. The van der Waals surface area contributed by atoms with Crippen molar-refractivity contribution in [3.8, 4) is 0 Å². The van der Waals surface area contributed by atoms with E-state index >= 15 is 0 Å². The Morgan fingerprint density at radius 2 is 1.92 bits per heavy atom. The Bertz CT molecular complexity index is 1240. The van der Waals surface area contributed by atoms with Crippen molar-refractivity contribution in [1.29, 1.82) is 0 Å².